The third kappa shape index (κ3) is 4.59. The summed E-state index contributed by atoms with van der Waals surface area (Å²) in [6, 6.07) is 0. The molecule has 0 fully saturated rings. The third-order valence-corrected chi connectivity index (χ3v) is 4.21. The Labute approximate surface area is 132 Å². The number of aromatic amines is 1. The molecule has 0 spiro atoms. The van der Waals surface area contributed by atoms with Gasteiger partial charge in [-0.15, -0.1) is 0 Å². The van der Waals surface area contributed by atoms with Crippen LogP contribution in [0.5, 0.6) is 0 Å². The maximum absolute atomic E-state index is 4.99. The zero-order valence-corrected chi connectivity index (χ0v) is 15.8. The van der Waals surface area contributed by atoms with Crippen molar-refractivity contribution in [3.05, 3.63) is 17.2 Å². The van der Waals surface area contributed by atoms with Gasteiger partial charge in [-0.2, -0.15) is 0 Å². The van der Waals surface area contributed by atoms with Crippen molar-refractivity contribution in [3.63, 3.8) is 0 Å². The number of H-pyrrole nitrogens is 1. The van der Waals surface area contributed by atoms with Gasteiger partial charge in [-0.25, -0.2) is 4.98 Å². The van der Waals surface area contributed by atoms with Crippen molar-refractivity contribution in [2.24, 2.45) is 0 Å². The molecule has 1 N–H and O–H groups in total. The number of imidazole rings is 1. The van der Waals surface area contributed by atoms with E-state index in [4.69, 9.17) is 4.98 Å². The van der Waals surface area contributed by atoms with Crippen LogP contribution < -0.4 is 0 Å². The Kier molecular flexibility index (Phi) is 5.34. The van der Waals surface area contributed by atoms with Crippen molar-refractivity contribution >= 4 is 0 Å². The minimum atomic E-state index is 0.0672. The Morgan fingerprint density at radius 2 is 1.43 bits per heavy atom. The van der Waals surface area contributed by atoms with Crippen molar-refractivity contribution in [3.8, 4) is 0 Å². The van der Waals surface area contributed by atoms with E-state index in [1.807, 2.05) is 0 Å². The van der Waals surface area contributed by atoms with Gasteiger partial charge in [-0.1, -0.05) is 81.6 Å². The maximum Gasteiger partial charge on any atom is 0.112 e. The maximum atomic E-state index is 4.99. The minimum absolute atomic E-state index is 0.0672. The molecule has 0 atom stereocenters. The zero-order valence-electron chi connectivity index (χ0n) is 15.8. The van der Waals surface area contributed by atoms with E-state index in [0.717, 1.165) is 5.82 Å². The molecule has 0 saturated heterocycles. The van der Waals surface area contributed by atoms with E-state index in [0.29, 0.717) is 0 Å². The second-order valence-corrected chi connectivity index (χ2v) is 9.15. The van der Waals surface area contributed by atoms with Crippen LogP contribution in [0.2, 0.25) is 0 Å². The lowest BCUT2D eigenvalue weighted by Gasteiger charge is -2.28. The van der Waals surface area contributed by atoms with Crippen LogP contribution in [-0.2, 0) is 16.2 Å². The molecule has 0 aliphatic rings. The second-order valence-electron chi connectivity index (χ2n) is 9.15. The first-order valence-corrected chi connectivity index (χ1v) is 8.51. The summed E-state index contributed by atoms with van der Waals surface area (Å²) < 4.78 is 0. The molecular weight excluding hydrogens is 256 g/mol. The number of hydrogen-bond donors (Lipinski definition) is 1. The van der Waals surface area contributed by atoms with Crippen molar-refractivity contribution in [2.75, 3.05) is 0 Å². The summed E-state index contributed by atoms with van der Waals surface area (Å²) in [5.74, 6) is 1.12. The van der Waals surface area contributed by atoms with E-state index in [1.54, 1.807) is 0 Å². The monoisotopic (exact) mass is 292 g/mol. The topological polar surface area (TPSA) is 28.7 Å². The molecule has 0 unspecified atom stereocenters. The predicted molar refractivity (Wildman–Crippen MR) is 93.2 cm³/mol. The Bertz CT molecular complexity index is 453. The number of nitrogens with zero attached hydrogens (tertiary/aromatic N) is 1. The van der Waals surface area contributed by atoms with Gasteiger partial charge in [0.15, 0.2) is 0 Å². The first-order chi connectivity index (χ1) is 9.39. The van der Waals surface area contributed by atoms with Crippen molar-refractivity contribution in [1.29, 1.82) is 0 Å². The third-order valence-electron chi connectivity index (χ3n) is 4.21. The summed E-state index contributed by atoms with van der Waals surface area (Å²) in [7, 11) is 0. The molecule has 0 radical (unpaired) electrons. The molecular formula is C19H36N2. The van der Waals surface area contributed by atoms with Gasteiger partial charge < -0.3 is 4.98 Å². The summed E-state index contributed by atoms with van der Waals surface area (Å²) >= 11 is 0. The van der Waals surface area contributed by atoms with Crippen LogP contribution in [0.15, 0.2) is 0 Å². The lowest BCUT2D eigenvalue weighted by atomic mass is 9.78. The van der Waals surface area contributed by atoms with Crippen LogP contribution >= 0.6 is 0 Å². The Hall–Kier alpha value is -0.790. The standard InChI is InChI=1S/C19H36N2/c1-10-11-12-13-19(8,9)15-14(17(2,3)4)20-16(21-15)18(5,6)7/h10-13H2,1-9H3,(H,20,21). The summed E-state index contributed by atoms with van der Waals surface area (Å²) in [6.07, 6.45) is 5.10. The van der Waals surface area contributed by atoms with Gasteiger partial charge in [0.2, 0.25) is 0 Å². The molecule has 0 aromatic carbocycles. The van der Waals surface area contributed by atoms with Crippen LogP contribution in [0.3, 0.4) is 0 Å². The lowest BCUT2D eigenvalue weighted by Crippen LogP contribution is -2.24. The fraction of sp³-hybridized carbons (Fsp3) is 0.842. The van der Waals surface area contributed by atoms with E-state index < -0.39 is 0 Å². The fourth-order valence-electron chi connectivity index (χ4n) is 2.70. The highest BCUT2D eigenvalue weighted by molar-refractivity contribution is 5.30. The molecule has 1 aromatic rings. The van der Waals surface area contributed by atoms with Gasteiger partial charge >= 0.3 is 0 Å². The molecule has 0 aliphatic carbocycles. The summed E-state index contributed by atoms with van der Waals surface area (Å²) in [5.41, 5.74) is 2.90. The van der Waals surface area contributed by atoms with Gasteiger partial charge in [0, 0.05) is 21.9 Å². The molecule has 0 amide bonds. The van der Waals surface area contributed by atoms with E-state index in [1.165, 1.54) is 37.1 Å². The molecule has 1 heterocycles. The average Bonchev–Trinajstić information content (AvgIpc) is 2.73. The Morgan fingerprint density at radius 1 is 0.857 bits per heavy atom. The lowest BCUT2D eigenvalue weighted by molar-refractivity contribution is 0.424. The minimum Gasteiger partial charge on any atom is -0.345 e. The number of nitrogens with one attached hydrogen (secondary N) is 1. The normalized spacial score (nSPS) is 13.8. The number of unbranched alkanes of at least 4 members (excludes halogenated alkanes) is 2. The number of rotatable bonds is 5. The van der Waals surface area contributed by atoms with E-state index >= 15 is 0 Å². The van der Waals surface area contributed by atoms with E-state index in [2.05, 4.69) is 67.3 Å². The van der Waals surface area contributed by atoms with Crippen molar-refractivity contribution < 1.29 is 0 Å². The number of hydrogen-bond acceptors (Lipinski definition) is 1. The Morgan fingerprint density at radius 3 is 1.86 bits per heavy atom. The highest BCUT2D eigenvalue weighted by atomic mass is 15.0. The number of aromatic nitrogens is 2. The second kappa shape index (κ2) is 6.14. The summed E-state index contributed by atoms with van der Waals surface area (Å²) in [4.78, 5) is 8.68. The Balaban J connectivity index is 3.23. The van der Waals surface area contributed by atoms with Crippen molar-refractivity contribution in [2.45, 2.75) is 104 Å². The molecule has 0 saturated carbocycles. The van der Waals surface area contributed by atoms with E-state index in [-0.39, 0.29) is 16.2 Å². The van der Waals surface area contributed by atoms with Crippen LogP contribution in [0, 0.1) is 0 Å². The summed E-state index contributed by atoms with van der Waals surface area (Å²) in [5, 5.41) is 0. The smallest absolute Gasteiger partial charge is 0.112 e. The quantitative estimate of drug-likeness (QED) is 0.676. The largest absolute Gasteiger partial charge is 0.345 e. The molecule has 122 valence electrons. The molecule has 0 aliphatic heterocycles. The average molecular weight is 293 g/mol. The van der Waals surface area contributed by atoms with Crippen LogP contribution in [-0.4, -0.2) is 9.97 Å². The van der Waals surface area contributed by atoms with Crippen LogP contribution in [0.1, 0.15) is 105 Å². The van der Waals surface area contributed by atoms with Gasteiger partial charge in [0.05, 0.1) is 5.69 Å². The fourth-order valence-corrected chi connectivity index (χ4v) is 2.70. The first kappa shape index (κ1) is 18.3. The zero-order chi connectivity index (χ0) is 16.5. The van der Waals surface area contributed by atoms with Crippen molar-refractivity contribution in [1.82, 2.24) is 9.97 Å². The molecule has 21 heavy (non-hydrogen) atoms. The van der Waals surface area contributed by atoms with Crippen LogP contribution in [0.4, 0.5) is 0 Å². The van der Waals surface area contributed by atoms with E-state index in [9.17, 15) is 0 Å². The van der Waals surface area contributed by atoms with Crippen LogP contribution in [0.25, 0.3) is 0 Å². The first-order valence-electron chi connectivity index (χ1n) is 8.51. The van der Waals surface area contributed by atoms with Gasteiger partial charge in [0.1, 0.15) is 5.82 Å². The molecule has 2 nitrogen and oxygen atoms in total. The highest BCUT2D eigenvalue weighted by Crippen LogP contribution is 2.37. The summed E-state index contributed by atoms with van der Waals surface area (Å²) in [6.45, 7) is 20.5. The molecule has 1 rings (SSSR count). The highest BCUT2D eigenvalue weighted by Gasteiger charge is 2.33. The SMILES string of the molecule is CCCCCC(C)(C)c1[nH]c(C(C)(C)C)nc1C(C)(C)C. The molecule has 2 heteroatoms. The molecule has 1 aromatic heterocycles. The predicted octanol–water partition coefficient (Wildman–Crippen LogP) is 5.86. The van der Waals surface area contributed by atoms with Gasteiger partial charge in [0.25, 0.3) is 0 Å². The van der Waals surface area contributed by atoms with Gasteiger partial charge in [-0.05, 0) is 6.42 Å². The van der Waals surface area contributed by atoms with Gasteiger partial charge in [-0.3, -0.25) is 0 Å². The molecule has 0 bridgehead atoms.